The summed E-state index contributed by atoms with van der Waals surface area (Å²) in [4.78, 5) is 37.5. The summed E-state index contributed by atoms with van der Waals surface area (Å²) < 4.78 is 0. The molecule has 148 valence electrons. The van der Waals surface area contributed by atoms with E-state index in [1.165, 1.54) is 42.5 Å². The van der Waals surface area contributed by atoms with E-state index in [9.17, 15) is 14.4 Å². The predicted molar refractivity (Wildman–Crippen MR) is 110 cm³/mol. The summed E-state index contributed by atoms with van der Waals surface area (Å²) in [5.41, 5.74) is 2.03. The van der Waals surface area contributed by atoms with Gasteiger partial charge in [0.25, 0.3) is 11.8 Å². The average Bonchev–Trinajstić information content (AvgIpc) is 2.58. The Morgan fingerprint density at radius 3 is 1.96 bits per heavy atom. The van der Waals surface area contributed by atoms with E-state index in [4.69, 9.17) is 34.8 Å². The Hall–Kier alpha value is -2.28. The van der Waals surface area contributed by atoms with E-state index < -0.39 is 23.4 Å². The first-order valence-corrected chi connectivity index (χ1v) is 9.29. The highest BCUT2D eigenvalue weighted by Gasteiger charge is 2.30. The molecule has 0 atom stereocenters. The lowest BCUT2D eigenvalue weighted by Crippen LogP contribution is -2.59. The summed E-state index contributed by atoms with van der Waals surface area (Å²) in [7, 11) is 0. The number of benzene rings is 2. The molecule has 9 heteroatoms. The Bertz CT molecular complexity index is 909. The molecule has 0 heterocycles. The highest BCUT2D eigenvalue weighted by molar-refractivity contribution is 6.36. The van der Waals surface area contributed by atoms with Gasteiger partial charge in [-0.15, -0.1) is 0 Å². The number of nitrogens with zero attached hydrogens (tertiary/aromatic N) is 1. The second kappa shape index (κ2) is 8.82. The van der Waals surface area contributed by atoms with Gasteiger partial charge in [-0.1, -0.05) is 34.8 Å². The molecule has 6 nitrogen and oxygen atoms in total. The molecule has 2 rings (SSSR count). The smallest absolute Gasteiger partial charge is 0.272 e. The lowest BCUT2D eigenvalue weighted by atomic mass is 10.1. The van der Waals surface area contributed by atoms with E-state index in [0.717, 1.165) is 5.01 Å². The number of carbonyl (C=O) groups excluding carboxylic acids is 3. The first kappa shape index (κ1) is 22.0. The second-order valence-electron chi connectivity index (χ2n) is 6.84. The number of urea groups is 1. The number of carbonyl (C=O) groups is 3. The van der Waals surface area contributed by atoms with Crippen LogP contribution in [-0.2, 0) is 0 Å². The first-order valence-electron chi connectivity index (χ1n) is 8.16. The maximum absolute atomic E-state index is 12.6. The minimum absolute atomic E-state index is 0.136. The molecule has 2 aromatic rings. The Morgan fingerprint density at radius 1 is 0.857 bits per heavy atom. The molecular weight excluding hydrogens is 425 g/mol. The van der Waals surface area contributed by atoms with Gasteiger partial charge in [-0.3, -0.25) is 20.3 Å². The summed E-state index contributed by atoms with van der Waals surface area (Å²) >= 11 is 17.7. The van der Waals surface area contributed by atoms with Crippen LogP contribution < -0.4 is 10.7 Å². The van der Waals surface area contributed by atoms with E-state index in [0.29, 0.717) is 10.0 Å². The van der Waals surface area contributed by atoms with Crippen molar-refractivity contribution in [2.24, 2.45) is 0 Å². The normalized spacial score (nSPS) is 10.9. The molecule has 0 fully saturated rings. The molecule has 0 spiro atoms. The zero-order valence-corrected chi connectivity index (χ0v) is 17.6. The number of nitrogens with one attached hydrogen (secondary N) is 2. The maximum atomic E-state index is 12.6. The molecular formula is C19H18Cl3N3O3. The van der Waals surface area contributed by atoms with Crippen LogP contribution in [0.1, 0.15) is 41.5 Å². The van der Waals surface area contributed by atoms with Crippen LogP contribution in [0.4, 0.5) is 4.79 Å². The molecule has 2 N–H and O–H groups in total. The van der Waals surface area contributed by atoms with Crippen LogP contribution in [0.25, 0.3) is 0 Å². The van der Waals surface area contributed by atoms with Crippen molar-refractivity contribution >= 4 is 52.6 Å². The third-order valence-corrected chi connectivity index (χ3v) is 4.39. The summed E-state index contributed by atoms with van der Waals surface area (Å²) in [6, 6.07) is 9.61. The minimum atomic E-state index is -0.834. The Balaban J connectivity index is 2.18. The molecule has 0 saturated carbocycles. The monoisotopic (exact) mass is 441 g/mol. The highest BCUT2D eigenvalue weighted by Crippen LogP contribution is 2.21. The maximum Gasteiger partial charge on any atom is 0.343 e. The second-order valence-corrected chi connectivity index (χ2v) is 8.12. The van der Waals surface area contributed by atoms with Gasteiger partial charge < -0.3 is 0 Å². The van der Waals surface area contributed by atoms with Crippen LogP contribution >= 0.6 is 34.8 Å². The summed E-state index contributed by atoms with van der Waals surface area (Å²) in [6.45, 7) is 5.09. The summed E-state index contributed by atoms with van der Waals surface area (Å²) in [5, 5.41) is 4.24. The topological polar surface area (TPSA) is 78.5 Å². The van der Waals surface area contributed by atoms with E-state index in [1.54, 1.807) is 20.8 Å². The summed E-state index contributed by atoms with van der Waals surface area (Å²) in [6.07, 6.45) is 0. The van der Waals surface area contributed by atoms with E-state index >= 15 is 0 Å². The standard InChI is InChI=1S/C19H18Cl3N3O3/c1-19(2,3)25(24-17(27)14-9-8-13(21)10-15(14)22)18(28)23-16(26)11-4-6-12(20)7-5-11/h4-10H,1-3H3,(H,24,27)(H,23,26,28). The lowest BCUT2D eigenvalue weighted by molar-refractivity contribution is 0.0640. The third-order valence-electron chi connectivity index (χ3n) is 3.59. The molecule has 4 amide bonds. The fourth-order valence-corrected chi connectivity index (χ4v) is 2.81. The van der Waals surface area contributed by atoms with Crippen molar-refractivity contribution in [3.05, 3.63) is 68.7 Å². The van der Waals surface area contributed by atoms with Gasteiger partial charge in [0, 0.05) is 15.6 Å². The van der Waals surface area contributed by atoms with Crippen LogP contribution in [0.2, 0.25) is 15.1 Å². The van der Waals surface area contributed by atoms with Crippen LogP contribution in [0, 0.1) is 0 Å². The molecule has 0 bridgehead atoms. The zero-order valence-electron chi connectivity index (χ0n) is 15.3. The molecule has 2 aromatic carbocycles. The number of rotatable bonds is 2. The van der Waals surface area contributed by atoms with E-state index in [2.05, 4.69) is 10.7 Å². The first-order chi connectivity index (χ1) is 13.0. The Kier molecular flexibility index (Phi) is 6.93. The largest absolute Gasteiger partial charge is 0.343 e. The van der Waals surface area contributed by atoms with Crippen LogP contribution in [-0.4, -0.2) is 28.4 Å². The van der Waals surface area contributed by atoms with Gasteiger partial charge in [0.05, 0.1) is 16.1 Å². The SMILES string of the molecule is CC(C)(C)N(NC(=O)c1ccc(Cl)cc1Cl)C(=O)NC(=O)c1ccc(Cl)cc1. The minimum Gasteiger partial charge on any atom is -0.272 e. The van der Waals surface area contributed by atoms with Gasteiger partial charge in [-0.05, 0) is 63.2 Å². The zero-order chi connectivity index (χ0) is 21.1. The van der Waals surface area contributed by atoms with Crippen molar-refractivity contribution in [3.8, 4) is 0 Å². The number of hydrogen-bond donors (Lipinski definition) is 2. The number of imide groups is 1. The predicted octanol–water partition coefficient (Wildman–Crippen LogP) is 4.94. The van der Waals surface area contributed by atoms with Crippen LogP contribution in [0.3, 0.4) is 0 Å². The van der Waals surface area contributed by atoms with Crippen LogP contribution in [0.15, 0.2) is 42.5 Å². The molecule has 0 radical (unpaired) electrons. The quantitative estimate of drug-likeness (QED) is 0.646. The van der Waals surface area contributed by atoms with Crippen molar-refractivity contribution < 1.29 is 14.4 Å². The Morgan fingerprint density at radius 2 is 1.43 bits per heavy atom. The Labute approximate surface area is 177 Å². The molecule has 0 aliphatic rings. The van der Waals surface area contributed by atoms with Gasteiger partial charge in [0.2, 0.25) is 0 Å². The van der Waals surface area contributed by atoms with Crippen molar-refractivity contribution in [1.82, 2.24) is 15.8 Å². The van der Waals surface area contributed by atoms with Crippen molar-refractivity contribution in [1.29, 1.82) is 0 Å². The van der Waals surface area contributed by atoms with Gasteiger partial charge in [-0.25, -0.2) is 9.80 Å². The number of halogens is 3. The molecule has 0 unspecified atom stereocenters. The average molecular weight is 443 g/mol. The van der Waals surface area contributed by atoms with Gasteiger partial charge in [-0.2, -0.15) is 0 Å². The molecule has 0 aliphatic heterocycles. The highest BCUT2D eigenvalue weighted by atomic mass is 35.5. The van der Waals surface area contributed by atoms with E-state index in [1.807, 2.05) is 0 Å². The number of hydrazine groups is 1. The van der Waals surface area contributed by atoms with Crippen molar-refractivity contribution in [2.75, 3.05) is 0 Å². The number of hydrogen-bond acceptors (Lipinski definition) is 3. The molecule has 0 aromatic heterocycles. The number of amides is 4. The molecule has 0 saturated heterocycles. The summed E-state index contributed by atoms with van der Waals surface area (Å²) in [5.74, 6) is -1.25. The van der Waals surface area contributed by atoms with Gasteiger partial charge in [0.1, 0.15) is 0 Å². The van der Waals surface area contributed by atoms with Gasteiger partial charge >= 0.3 is 6.03 Å². The van der Waals surface area contributed by atoms with Gasteiger partial charge in [0.15, 0.2) is 0 Å². The fraction of sp³-hybridized carbons (Fsp3) is 0.211. The van der Waals surface area contributed by atoms with Crippen LogP contribution in [0.5, 0.6) is 0 Å². The van der Waals surface area contributed by atoms with E-state index in [-0.39, 0.29) is 16.1 Å². The third kappa shape index (κ3) is 5.61. The fourth-order valence-electron chi connectivity index (χ4n) is 2.18. The lowest BCUT2D eigenvalue weighted by Gasteiger charge is -2.35. The van der Waals surface area contributed by atoms with Crippen molar-refractivity contribution in [3.63, 3.8) is 0 Å². The van der Waals surface area contributed by atoms with Crippen molar-refractivity contribution in [2.45, 2.75) is 26.3 Å². The molecule has 0 aliphatic carbocycles. The molecule has 28 heavy (non-hydrogen) atoms.